The van der Waals surface area contributed by atoms with E-state index in [4.69, 9.17) is 11.6 Å². The molecule has 4 heteroatoms. The van der Waals surface area contributed by atoms with Crippen molar-refractivity contribution in [1.82, 2.24) is 9.55 Å². The van der Waals surface area contributed by atoms with E-state index < -0.39 is 0 Å². The van der Waals surface area contributed by atoms with Crippen LogP contribution >= 0.6 is 22.9 Å². The highest BCUT2D eigenvalue weighted by atomic mass is 35.5. The summed E-state index contributed by atoms with van der Waals surface area (Å²) in [6.07, 6.45) is 0. The Labute approximate surface area is 134 Å². The fourth-order valence-corrected chi connectivity index (χ4v) is 4.19. The van der Waals surface area contributed by atoms with Gasteiger partial charge in [-0.05, 0) is 57.0 Å². The maximum Gasteiger partial charge on any atom is 0.125 e. The monoisotopic (exact) mass is 318 g/mol. The summed E-state index contributed by atoms with van der Waals surface area (Å²) in [6, 6.07) is 8.90. The van der Waals surface area contributed by atoms with Crippen LogP contribution in [0.2, 0.25) is 0 Å². The van der Waals surface area contributed by atoms with Crippen molar-refractivity contribution in [3.8, 4) is 0 Å². The average Bonchev–Trinajstić information content (AvgIpc) is 2.97. The van der Waals surface area contributed by atoms with Gasteiger partial charge in [-0.1, -0.05) is 6.07 Å². The Hall–Kier alpha value is -1.32. The van der Waals surface area contributed by atoms with Crippen LogP contribution in [-0.2, 0) is 5.88 Å². The molecule has 0 saturated carbocycles. The van der Waals surface area contributed by atoms with Gasteiger partial charge in [0, 0.05) is 9.75 Å². The Kier molecular flexibility index (Phi) is 3.80. The van der Waals surface area contributed by atoms with E-state index in [1.54, 1.807) is 0 Å². The molecule has 0 aliphatic rings. The van der Waals surface area contributed by atoms with Gasteiger partial charge >= 0.3 is 0 Å². The first kappa shape index (κ1) is 14.6. The van der Waals surface area contributed by atoms with Crippen LogP contribution in [0.5, 0.6) is 0 Å². The molecule has 0 aliphatic carbocycles. The molecule has 0 aliphatic heterocycles. The van der Waals surface area contributed by atoms with E-state index in [9.17, 15) is 0 Å². The summed E-state index contributed by atoms with van der Waals surface area (Å²) in [7, 11) is 0. The molecule has 0 fully saturated rings. The average molecular weight is 319 g/mol. The Morgan fingerprint density at radius 2 is 2.00 bits per heavy atom. The van der Waals surface area contributed by atoms with Crippen molar-refractivity contribution in [2.75, 3.05) is 0 Å². The lowest BCUT2D eigenvalue weighted by Gasteiger charge is -2.17. The van der Waals surface area contributed by atoms with Crippen molar-refractivity contribution in [3.63, 3.8) is 0 Å². The standard InChI is InChI=1S/C17H19ClN2S/c1-10-5-6-15-16(7-10)20(17(9-18)19-15)12(3)14-8-11(2)21-13(14)4/h5-8,12H,9H2,1-4H3. The van der Waals surface area contributed by atoms with Crippen molar-refractivity contribution in [3.05, 3.63) is 51.0 Å². The Morgan fingerprint density at radius 1 is 1.24 bits per heavy atom. The fourth-order valence-electron chi connectivity index (χ4n) is 2.98. The number of hydrogen-bond acceptors (Lipinski definition) is 2. The van der Waals surface area contributed by atoms with Crippen LogP contribution in [0.25, 0.3) is 11.0 Å². The largest absolute Gasteiger partial charge is 0.320 e. The van der Waals surface area contributed by atoms with Crippen molar-refractivity contribution in [2.45, 2.75) is 39.6 Å². The highest BCUT2D eigenvalue weighted by Gasteiger charge is 2.19. The molecular weight excluding hydrogens is 300 g/mol. The molecule has 0 saturated heterocycles. The molecule has 0 amide bonds. The number of aryl methyl sites for hydroxylation is 3. The van der Waals surface area contributed by atoms with Crippen LogP contribution in [0.15, 0.2) is 24.3 Å². The highest BCUT2D eigenvalue weighted by molar-refractivity contribution is 7.12. The highest BCUT2D eigenvalue weighted by Crippen LogP contribution is 2.32. The van der Waals surface area contributed by atoms with Gasteiger partial charge in [-0.15, -0.1) is 22.9 Å². The number of rotatable bonds is 3. The molecule has 2 aromatic heterocycles. The molecule has 3 rings (SSSR count). The van der Waals surface area contributed by atoms with Gasteiger partial charge in [0.15, 0.2) is 0 Å². The molecule has 2 nitrogen and oxygen atoms in total. The van der Waals surface area contributed by atoms with Crippen LogP contribution in [0.4, 0.5) is 0 Å². The SMILES string of the molecule is Cc1ccc2nc(CCl)n(C(C)c3cc(C)sc3C)c2c1. The smallest absolute Gasteiger partial charge is 0.125 e. The molecule has 3 aromatic rings. The summed E-state index contributed by atoms with van der Waals surface area (Å²) >= 11 is 7.99. The lowest BCUT2D eigenvalue weighted by Crippen LogP contribution is -2.10. The van der Waals surface area contributed by atoms with Gasteiger partial charge in [0.25, 0.3) is 0 Å². The minimum atomic E-state index is 0.246. The Morgan fingerprint density at radius 3 is 2.62 bits per heavy atom. The van der Waals surface area contributed by atoms with E-state index in [0.717, 1.165) is 11.3 Å². The zero-order valence-electron chi connectivity index (χ0n) is 12.8. The summed E-state index contributed by atoms with van der Waals surface area (Å²) in [6.45, 7) is 8.69. The number of aromatic nitrogens is 2. The second-order valence-electron chi connectivity index (χ2n) is 5.57. The van der Waals surface area contributed by atoms with Crippen molar-refractivity contribution in [2.24, 2.45) is 0 Å². The van der Waals surface area contributed by atoms with Gasteiger partial charge in [-0.3, -0.25) is 0 Å². The first-order valence-corrected chi connectivity index (χ1v) is 8.46. The quantitative estimate of drug-likeness (QED) is 0.593. The fraction of sp³-hybridized carbons (Fsp3) is 0.353. The topological polar surface area (TPSA) is 17.8 Å². The number of nitrogens with zero attached hydrogens (tertiary/aromatic N) is 2. The normalized spacial score (nSPS) is 13.0. The number of halogens is 1. The van der Waals surface area contributed by atoms with E-state index in [2.05, 4.69) is 61.5 Å². The van der Waals surface area contributed by atoms with Gasteiger partial charge in [0.2, 0.25) is 0 Å². The number of imidazole rings is 1. The third kappa shape index (κ3) is 2.49. The van der Waals surface area contributed by atoms with Gasteiger partial charge in [0.1, 0.15) is 5.82 Å². The van der Waals surface area contributed by atoms with Gasteiger partial charge in [-0.2, -0.15) is 0 Å². The van der Waals surface area contributed by atoms with Crippen molar-refractivity contribution in [1.29, 1.82) is 0 Å². The van der Waals surface area contributed by atoms with Gasteiger partial charge in [0.05, 0.1) is 23.0 Å². The minimum absolute atomic E-state index is 0.246. The molecule has 0 radical (unpaired) electrons. The molecular formula is C17H19ClN2S. The zero-order valence-corrected chi connectivity index (χ0v) is 14.3. The van der Waals surface area contributed by atoms with Crippen LogP contribution in [0.1, 0.15) is 39.7 Å². The van der Waals surface area contributed by atoms with E-state index >= 15 is 0 Å². The molecule has 0 N–H and O–H groups in total. The predicted molar refractivity (Wildman–Crippen MR) is 91.6 cm³/mol. The van der Waals surface area contributed by atoms with E-state index in [-0.39, 0.29) is 6.04 Å². The molecule has 21 heavy (non-hydrogen) atoms. The Bertz CT molecular complexity index is 801. The maximum atomic E-state index is 6.14. The number of thiophene rings is 1. The van der Waals surface area contributed by atoms with Crippen LogP contribution in [0, 0.1) is 20.8 Å². The van der Waals surface area contributed by atoms with Crippen LogP contribution in [-0.4, -0.2) is 9.55 Å². The molecule has 0 bridgehead atoms. The number of alkyl halides is 1. The molecule has 110 valence electrons. The minimum Gasteiger partial charge on any atom is -0.320 e. The first-order chi connectivity index (χ1) is 10.0. The van der Waals surface area contributed by atoms with E-state index in [0.29, 0.717) is 5.88 Å². The zero-order chi connectivity index (χ0) is 15.1. The third-order valence-corrected chi connectivity index (χ3v) is 5.18. The summed E-state index contributed by atoms with van der Waals surface area (Å²) in [5, 5.41) is 0. The maximum absolute atomic E-state index is 6.14. The lowest BCUT2D eigenvalue weighted by molar-refractivity contribution is 0.633. The van der Waals surface area contributed by atoms with Crippen molar-refractivity contribution >= 4 is 34.0 Å². The lowest BCUT2D eigenvalue weighted by atomic mass is 10.1. The third-order valence-electron chi connectivity index (χ3n) is 3.95. The summed E-state index contributed by atoms with van der Waals surface area (Å²) < 4.78 is 2.28. The molecule has 2 heterocycles. The second kappa shape index (κ2) is 5.47. The van der Waals surface area contributed by atoms with Crippen LogP contribution < -0.4 is 0 Å². The van der Waals surface area contributed by atoms with Gasteiger partial charge < -0.3 is 4.57 Å². The van der Waals surface area contributed by atoms with E-state index in [1.165, 1.54) is 26.4 Å². The number of hydrogen-bond donors (Lipinski definition) is 0. The predicted octanol–water partition coefficient (Wildman–Crippen LogP) is 5.37. The molecule has 1 atom stereocenters. The number of benzene rings is 1. The van der Waals surface area contributed by atoms with Gasteiger partial charge in [-0.25, -0.2) is 4.98 Å². The number of fused-ring (bicyclic) bond motifs is 1. The first-order valence-electron chi connectivity index (χ1n) is 7.11. The summed E-state index contributed by atoms with van der Waals surface area (Å²) in [4.78, 5) is 7.41. The second-order valence-corrected chi connectivity index (χ2v) is 7.30. The molecule has 1 aromatic carbocycles. The Balaban J connectivity index is 2.22. The van der Waals surface area contributed by atoms with E-state index in [1.807, 2.05) is 11.3 Å². The van der Waals surface area contributed by atoms with Crippen molar-refractivity contribution < 1.29 is 0 Å². The molecule has 0 spiro atoms. The molecule has 1 unspecified atom stereocenters. The summed E-state index contributed by atoms with van der Waals surface area (Å²) in [5.74, 6) is 1.37. The van der Waals surface area contributed by atoms with Crippen LogP contribution in [0.3, 0.4) is 0 Å². The summed E-state index contributed by atoms with van der Waals surface area (Å²) in [5.41, 5.74) is 4.80.